The molecular weight excluding hydrogens is 226 g/mol. The average Bonchev–Trinajstić information content (AvgIpc) is 2.71. The topological polar surface area (TPSA) is 39.1 Å². The monoisotopic (exact) mass is 241 g/mol. The largest absolute Gasteiger partial charge is 0.347 e. The molecule has 1 aromatic heterocycles. The van der Waals surface area contributed by atoms with Crippen molar-refractivity contribution in [1.29, 1.82) is 0 Å². The van der Waals surface area contributed by atoms with Gasteiger partial charge in [0.25, 0.3) is 0 Å². The Kier molecular flexibility index (Phi) is 3.15. The molecule has 0 N–H and O–H groups in total. The summed E-state index contributed by atoms with van der Waals surface area (Å²) < 4.78 is 1.69. The third-order valence-electron chi connectivity index (χ3n) is 2.96. The highest BCUT2D eigenvalue weighted by atomic mass is 16.1. The number of carbonyl (C=O) groups excluding carboxylic acids is 2. The van der Waals surface area contributed by atoms with Crippen molar-refractivity contribution in [3.63, 3.8) is 0 Å². The number of aromatic nitrogens is 1. The molecule has 0 unspecified atom stereocenters. The fourth-order valence-corrected chi connectivity index (χ4v) is 1.84. The smallest absolute Gasteiger partial charge is 0.209 e. The lowest BCUT2D eigenvalue weighted by Crippen LogP contribution is -2.06. The number of ketones is 2. The zero-order valence-corrected chi connectivity index (χ0v) is 10.7. The molecule has 0 aliphatic heterocycles. The molecule has 1 heterocycles. The highest BCUT2D eigenvalue weighted by molar-refractivity contribution is 6.09. The zero-order valence-electron chi connectivity index (χ0n) is 10.7. The van der Waals surface area contributed by atoms with Crippen molar-refractivity contribution in [2.75, 3.05) is 0 Å². The maximum absolute atomic E-state index is 12.3. The molecule has 92 valence electrons. The van der Waals surface area contributed by atoms with Crippen LogP contribution < -0.4 is 0 Å². The first-order valence-electron chi connectivity index (χ1n) is 5.77. The molecule has 1 aromatic carbocycles. The number of nitrogens with zero attached hydrogens (tertiary/aromatic N) is 1. The van der Waals surface area contributed by atoms with Crippen LogP contribution in [-0.4, -0.2) is 16.1 Å². The number of hydrogen-bond donors (Lipinski definition) is 0. The molecule has 0 bridgehead atoms. The summed E-state index contributed by atoms with van der Waals surface area (Å²) in [4.78, 5) is 23.6. The first kappa shape index (κ1) is 12.3. The van der Waals surface area contributed by atoms with Crippen LogP contribution in [0.1, 0.15) is 38.9 Å². The SMILES string of the molecule is CC(=O)c1cc(C(=O)c2ccc(C)cc2)n(C)c1. The van der Waals surface area contributed by atoms with Crippen LogP contribution in [0.25, 0.3) is 0 Å². The minimum Gasteiger partial charge on any atom is -0.347 e. The number of Topliss-reactive ketones (excluding diaryl/α,β-unsaturated/α-hetero) is 1. The van der Waals surface area contributed by atoms with Gasteiger partial charge in [0, 0.05) is 24.4 Å². The summed E-state index contributed by atoms with van der Waals surface area (Å²) in [6.07, 6.45) is 1.68. The van der Waals surface area contributed by atoms with Crippen molar-refractivity contribution in [1.82, 2.24) is 4.57 Å². The Labute approximate surface area is 106 Å². The van der Waals surface area contributed by atoms with Gasteiger partial charge in [0.1, 0.15) is 0 Å². The molecule has 18 heavy (non-hydrogen) atoms. The van der Waals surface area contributed by atoms with Crippen LogP contribution in [0.5, 0.6) is 0 Å². The van der Waals surface area contributed by atoms with Gasteiger partial charge in [0.15, 0.2) is 5.78 Å². The fourth-order valence-electron chi connectivity index (χ4n) is 1.84. The van der Waals surface area contributed by atoms with Crippen LogP contribution in [0.4, 0.5) is 0 Å². The van der Waals surface area contributed by atoms with Gasteiger partial charge in [-0.3, -0.25) is 9.59 Å². The molecule has 2 aromatic rings. The van der Waals surface area contributed by atoms with Crippen LogP contribution in [0.2, 0.25) is 0 Å². The fraction of sp³-hybridized carbons (Fsp3) is 0.200. The van der Waals surface area contributed by atoms with Gasteiger partial charge in [-0.25, -0.2) is 0 Å². The minimum atomic E-state index is -0.0648. The molecule has 0 saturated carbocycles. The Hall–Kier alpha value is -2.16. The molecule has 0 aliphatic rings. The predicted octanol–water partition coefficient (Wildman–Crippen LogP) is 2.77. The maximum atomic E-state index is 12.3. The summed E-state index contributed by atoms with van der Waals surface area (Å²) in [5.74, 6) is -0.0986. The maximum Gasteiger partial charge on any atom is 0.209 e. The Morgan fingerprint density at radius 2 is 1.67 bits per heavy atom. The van der Waals surface area contributed by atoms with Crippen LogP contribution >= 0.6 is 0 Å². The van der Waals surface area contributed by atoms with E-state index in [0.29, 0.717) is 16.8 Å². The van der Waals surface area contributed by atoms with E-state index in [4.69, 9.17) is 0 Å². The van der Waals surface area contributed by atoms with Crippen molar-refractivity contribution in [2.45, 2.75) is 13.8 Å². The lowest BCUT2D eigenvalue weighted by molar-refractivity contribution is 0.101. The van der Waals surface area contributed by atoms with Crippen molar-refractivity contribution in [2.24, 2.45) is 7.05 Å². The molecule has 3 heteroatoms. The highest BCUT2D eigenvalue weighted by Crippen LogP contribution is 2.14. The van der Waals surface area contributed by atoms with E-state index in [1.54, 1.807) is 36.0 Å². The molecule has 0 fully saturated rings. The van der Waals surface area contributed by atoms with Gasteiger partial charge in [0.2, 0.25) is 5.78 Å². The van der Waals surface area contributed by atoms with Crippen LogP contribution in [0.15, 0.2) is 36.5 Å². The van der Waals surface area contributed by atoms with Gasteiger partial charge < -0.3 is 4.57 Å². The molecule has 3 nitrogen and oxygen atoms in total. The molecule has 0 aliphatic carbocycles. The third-order valence-corrected chi connectivity index (χ3v) is 2.96. The second-order valence-electron chi connectivity index (χ2n) is 4.48. The van der Waals surface area contributed by atoms with Gasteiger partial charge in [-0.2, -0.15) is 0 Å². The average molecular weight is 241 g/mol. The van der Waals surface area contributed by atoms with E-state index in [0.717, 1.165) is 5.56 Å². The summed E-state index contributed by atoms with van der Waals surface area (Å²) in [6, 6.07) is 9.06. The van der Waals surface area contributed by atoms with Gasteiger partial charge in [-0.05, 0) is 19.9 Å². The molecule has 0 amide bonds. The van der Waals surface area contributed by atoms with Crippen molar-refractivity contribution in [3.05, 3.63) is 58.9 Å². The minimum absolute atomic E-state index is 0.0337. The molecule has 0 radical (unpaired) electrons. The van der Waals surface area contributed by atoms with E-state index in [-0.39, 0.29) is 11.6 Å². The van der Waals surface area contributed by atoms with Crippen LogP contribution in [-0.2, 0) is 7.05 Å². The molecule has 0 saturated heterocycles. The summed E-state index contributed by atoms with van der Waals surface area (Å²) in [7, 11) is 1.77. The quantitative estimate of drug-likeness (QED) is 0.775. The standard InChI is InChI=1S/C15H15NO2/c1-10-4-6-12(7-5-10)15(18)14-8-13(11(2)17)9-16(14)3/h4-9H,1-3H3. The van der Waals surface area contributed by atoms with E-state index in [2.05, 4.69) is 0 Å². The molecular formula is C15H15NO2. The van der Waals surface area contributed by atoms with Gasteiger partial charge in [-0.15, -0.1) is 0 Å². The van der Waals surface area contributed by atoms with Gasteiger partial charge in [-0.1, -0.05) is 29.8 Å². The normalized spacial score (nSPS) is 10.4. The number of hydrogen-bond acceptors (Lipinski definition) is 2. The molecule has 0 atom stereocenters. The van der Waals surface area contributed by atoms with E-state index < -0.39 is 0 Å². The lowest BCUT2D eigenvalue weighted by atomic mass is 10.1. The number of aryl methyl sites for hydroxylation is 2. The van der Waals surface area contributed by atoms with E-state index in [1.807, 2.05) is 19.1 Å². The first-order chi connectivity index (χ1) is 8.49. The van der Waals surface area contributed by atoms with E-state index in [1.165, 1.54) is 6.92 Å². The highest BCUT2D eigenvalue weighted by Gasteiger charge is 2.15. The Bertz CT molecular complexity index is 606. The Balaban J connectivity index is 2.39. The van der Waals surface area contributed by atoms with Gasteiger partial charge in [0.05, 0.1) is 5.69 Å². The Morgan fingerprint density at radius 1 is 1.06 bits per heavy atom. The predicted molar refractivity (Wildman–Crippen MR) is 70.0 cm³/mol. The van der Waals surface area contributed by atoms with Crippen LogP contribution in [0.3, 0.4) is 0 Å². The third kappa shape index (κ3) is 2.25. The second-order valence-corrected chi connectivity index (χ2v) is 4.48. The van der Waals surface area contributed by atoms with E-state index >= 15 is 0 Å². The Morgan fingerprint density at radius 3 is 2.17 bits per heavy atom. The number of rotatable bonds is 3. The number of benzene rings is 1. The summed E-state index contributed by atoms with van der Waals surface area (Å²) in [6.45, 7) is 3.47. The number of carbonyl (C=O) groups is 2. The van der Waals surface area contributed by atoms with Crippen molar-refractivity contribution in [3.8, 4) is 0 Å². The second kappa shape index (κ2) is 4.61. The van der Waals surface area contributed by atoms with Crippen molar-refractivity contribution >= 4 is 11.6 Å². The summed E-state index contributed by atoms with van der Waals surface area (Å²) in [5.41, 5.74) is 2.84. The zero-order chi connectivity index (χ0) is 13.3. The summed E-state index contributed by atoms with van der Waals surface area (Å²) >= 11 is 0. The first-order valence-corrected chi connectivity index (χ1v) is 5.77. The summed E-state index contributed by atoms with van der Waals surface area (Å²) in [5, 5.41) is 0. The van der Waals surface area contributed by atoms with Gasteiger partial charge >= 0.3 is 0 Å². The lowest BCUT2D eigenvalue weighted by Gasteiger charge is -2.02. The van der Waals surface area contributed by atoms with E-state index in [9.17, 15) is 9.59 Å². The molecule has 2 rings (SSSR count). The molecule has 0 spiro atoms. The van der Waals surface area contributed by atoms with Crippen LogP contribution in [0, 0.1) is 6.92 Å². The van der Waals surface area contributed by atoms with Crippen molar-refractivity contribution < 1.29 is 9.59 Å².